The van der Waals surface area contributed by atoms with Crippen molar-refractivity contribution in [2.24, 2.45) is 0 Å². The van der Waals surface area contributed by atoms with E-state index in [4.69, 9.17) is 0 Å². The van der Waals surface area contributed by atoms with Crippen LogP contribution in [-0.2, 0) is 4.79 Å². The molecule has 0 spiro atoms. The fourth-order valence-corrected chi connectivity index (χ4v) is 2.65. The van der Waals surface area contributed by atoms with E-state index in [9.17, 15) is 9.18 Å². The fourth-order valence-electron chi connectivity index (χ4n) is 1.93. The van der Waals surface area contributed by atoms with Crippen LogP contribution in [0.5, 0.6) is 0 Å². The lowest BCUT2D eigenvalue weighted by Gasteiger charge is -2.09. The number of nitrogens with zero attached hydrogens (tertiary/aromatic N) is 3. The molecule has 0 radical (unpaired) electrons. The minimum absolute atomic E-state index is 0.207. The third-order valence-electron chi connectivity index (χ3n) is 3.18. The molecule has 1 atom stereocenters. The summed E-state index contributed by atoms with van der Waals surface area (Å²) in [5, 5.41) is 9.75. The van der Waals surface area contributed by atoms with Gasteiger partial charge in [0.2, 0.25) is 11.1 Å². The molecule has 2 N–H and O–H groups in total. The first kappa shape index (κ1) is 16.1. The van der Waals surface area contributed by atoms with Crippen LogP contribution in [0.15, 0.2) is 53.9 Å². The second kappa shape index (κ2) is 7.22. The minimum Gasteiger partial charge on any atom is -0.325 e. The summed E-state index contributed by atoms with van der Waals surface area (Å²) in [7, 11) is 0. The number of thioether (sulfide) groups is 1. The summed E-state index contributed by atoms with van der Waals surface area (Å²) in [6.07, 6.45) is 3.34. The van der Waals surface area contributed by atoms with Crippen LogP contribution in [0.1, 0.15) is 6.92 Å². The maximum atomic E-state index is 12.9. The maximum absolute atomic E-state index is 12.9. The van der Waals surface area contributed by atoms with E-state index in [-0.39, 0.29) is 11.7 Å². The zero-order chi connectivity index (χ0) is 16.9. The van der Waals surface area contributed by atoms with E-state index in [1.54, 1.807) is 19.3 Å². The van der Waals surface area contributed by atoms with Crippen molar-refractivity contribution in [1.29, 1.82) is 0 Å². The highest BCUT2D eigenvalue weighted by molar-refractivity contribution is 8.00. The van der Waals surface area contributed by atoms with Gasteiger partial charge in [-0.2, -0.15) is 0 Å². The van der Waals surface area contributed by atoms with Crippen LogP contribution in [0.2, 0.25) is 0 Å². The summed E-state index contributed by atoms with van der Waals surface area (Å²) < 4.78 is 12.9. The number of aromatic nitrogens is 4. The molecule has 1 amide bonds. The normalized spacial score (nSPS) is 11.9. The maximum Gasteiger partial charge on any atom is 0.237 e. The molecule has 2 heterocycles. The number of rotatable bonds is 5. The number of halogens is 1. The van der Waals surface area contributed by atoms with Gasteiger partial charge in [0.1, 0.15) is 5.82 Å². The Hall–Kier alpha value is -2.74. The summed E-state index contributed by atoms with van der Waals surface area (Å²) >= 11 is 1.23. The molecule has 0 saturated carbocycles. The van der Waals surface area contributed by atoms with Gasteiger partial charge in [0.15, 0.2) is 5.82 Å². The summed E-state index contributed by atoms with van der Waals surface area (Å²) in [4.78, 5) is 20.5. The average molecular weight is 343 g/mol. The SMILES string of the molecule is C[C@H](Sc1n[nH]c(-c2ccncc2)n1)C(=O)Nc1ccc(F)cc1. The molecule has 24 heavy (non-hydrogen) atoms. The molecule has 0 aliphatic carbocycles. The van der Waals surface area contributed by atoms with Gasteiger partial charge in [-0.1, -0.05) is 11.8 Å². The molecule has 3 rings (SSSR count). The quantitative estimate of drug-likeness (QED) is 0.696. The Morgan fingerprint density at radius 3 is 2.62 bits per heavy atom. The molecule has 0 bridgehead atoms. The van der Waals surface area contributed by atoms with Crippen LogP contribution >= 0.6 is 11.8 Å². The summed E-state index contributed by atoms with van der Waals surface area (Å²) in [6, 6.07) is 9.25. The third-order valence-corrected chi connectivity index (χ3v) is 4.14. The molecule has 2 aromatic heterocycles. The van der Waals surface area contributed by atoms with Gasteiger partial charge in [-0.15, -0.1) is 5.10 Å². The second-order valence-corrected chi connectivity index (χ2v) is 6.27. The minimum atomic E-state index is -0.406. The number of anilines is 1. The number of aromatic amines is 1. The first-order valence-electron chi connectivity index (χ1n) is 7.18. The van der Waals surface area contributed by atoms with Gasteiger partial charge in [-0.3, -0.25) is 14.9 Å². The highest BCUT2D eigenvalue weighted by Crippen LogP contribution is 2.23. The Kier molecular flexibility index (Phi) is 4.85. The van der Waals surface area contributed by atoms with Crippen LogP contribution in [-0.4, -0.2) is 31.3 Å². The number of hydrogen-bond acceptors (Lipinski definition) is 5. The molecule has 1 aromatic carbocycles. The zero-order valence-corrected chi connectivity index (χ0v) is 13.5. The highest BCUT2D eigenvalue weighted by Gasteiger charge is 2.17. The van der Waals surface area contributed by atoms with Crippen LogP contribution in [0, 0.1) is 5.82 Å². The van der Waals surface area contributed by atoms with Gasteiger partial charge in [-0.05, 0) is 43.3 Å². The van der Waals surface area contributed by atoms with E-state index < -0.39 is 5.25 Å². The molecule has 122 valence electrons. The Labute approximate surface area is 141 Å². The van der Waals surface area contributed by atoms with Gasteiger partial charge in [-0.25, -0.2) is 9.37 Å². The highest BCUT2D eigenvalue weighted by atomic mass is 32.2. The van der Waals surface area contributed by atoms with Gasteiger partial charge < -0.3 is 5.32 Å². The predicted octanol–water partition coefficient (Wildman–Crippen LogP) is 3.13. The van der Waals surface area contributed by atoms with Crippen molar-refractivity contribution in [1.82, 2.24) is 20.2 Å². The molecule has 6 nitrogen and oxygen atoms in total. The summed E-state index contributed by atoms with van der Waals surface area (Å²) in [5.74, 6) is 0.0627. The molecule has 0 fully saturated rings. The number of pyridine rings is 1. The van der Waals surface area contributed by atoms with Crippen molar-refractivity contribution in [2.45, 2.75) is 17.3 Å². The Balaban J connectivity index is 1.62. The Bertz CT molecular complexity index is 822. The second-order valence-electron chi connectivity index (χ2n) is 4.96. The largest absolute Gasteiger partial charge is 0.325 e. The Morgan fingerprint density at radius 1 is 1.21 bits per heavy atom. The number of nitrogens with one attached hydrogen (secondary N) is 2. The number of carbonyl (C=O) groups excluding carboxylic acids is 1. The molecule has 0 aliphatic rings. The Morgan fingerprint density at radius 2 is 1.92 bits per heavy atom. The summed E-state index contributed by atoms with van der Waals surface area (Å²) in [6.45, 7) is 1.76. The van der Waals surface area contributed by atoms with E-state index in [2.05, 4.69) is 25.5 Å². The predicted molar refractivity (Wildman–Crippen MR) is 90.0 cm³/mol. The van der Waals surface area contributed by atoms with Crippen LogP contribution in [0.3, 0.4) is 0 Å². The molecular weight excluding hydrogens is 329 g/mol. The number of benzene rings is 1. The van der Waals surface area contributed by atoms with E-state index >= 15 is 0 Å². The average Bonchev–Trinajstić information content (AvgIpc) is 3.06. The first-order chi connectivity index (χ1) is 11.6. The van der Waals surface area contributed by atoms with Gasteiger partial charge in [0, 0.05) is 23.6 Å². The van der Waals surface area contributed by atoms with E-state index in [0.717, 1.165) is 5.56 Å². The van der Waals surface area contributed by atoms with Crippen molar-refractivity contribution >= 4 is 23.4 Å². The molecule has 0 unspecified atom stereocenters. The number of hydrogen-bond donors (Lipinski definition) is 2. The van der Waals surface area contributed by atoms with Gasteiger partial charge in [0.25, 0.3) is 0 Å². The van der Waals surface area contributed by atoms with Crippen molar-refractivity contribution < 1.29 is 9.18 Å². The smallest absolute Gasteiger partial charge is 0.237 e. The standard InChI is InChI=1S/C16H14FN5OS/c1-10(15(23)19-13-4-2-12(17)3-5-13)24-16-20-14(21-22-16)11-6-8-18-9-7-11/h2-10H,1H3,(H,19,23)(H,20,21,22)/t10-/m0/s1. The number of carbonyl (C=O) groups is 1. The van der Waals surface area contributed by atoms with Crippen molar-refractivity contribution in [2.75, 3.05) is 5.32 Å². The van der Waals surface area contributed by atoms with Crippen molar-refractivity contribution in [3.8, 4) is 11.4 Å². The molecule has 3 aromatic rings. The lowest BCUT2D eigenvalue weighted by molar-refractivity contribution is -0.115. The topological polar surface area (TPSA) is 83.6 Å². The van der Waals surface area contributed by atoms with Crippen LogP contribution in [0.25, 0.3) is 11.4 Å². The van der Waals surface area contributed by atoms with Crippen molar-refractivity contribution in [3.05, 3.63) is 54.6 Å². The molecule has 8 heteroatoms. The number of H-pyrrole nitrogens is 1. The molecular formula is C16H14FN5OS. The fraction of sp³-hybridized carbons (Fsp3) is 0.125. The van der Waals surface area contributed by atoms with Gasteiger partial charge in [0.05, 0.1) is 5.25 Å². The van der Waals surface area contributed by atoms with E-state index in [1.807, 2.05) is 12.1 Å². The van der Waals surface area contributed by atoms with Crippen LogP contribution < -0.4 is 5.32 Å². The lowest BCUT2D eigenvalue weighted by Crippen LogP contribution is -2.22. The molecule has 0 saturated heterocycles. The van der Waals surface area contributed by atoms with E-state index in [1.165, 1.54) is 36.0 Å². The first-order valence-corrected chi connectivity index (χ1v) is 8.05. The third kappa shape index (κ3) is 3.96. The van der Waals surface area contributed by atoms with Gasteiger partial charge >= 0.3 is 0 Å². The van der Waals surface area contributed by atoms with Crippen LogP contribution in [0.4, 0.5) is 10.1 Å². The molecule has 0 aliphatic heterocycles. The monoisotopic (exact) mass is 343 g/mol. The van der Waals surface area contributed by atoms with Crippen molar-refractivity contribution in [3.63, 3.8) is 0 Å². The van der Waals surface area contributed by atoms with E-state index in [0.29, 0.717) is 16.7 Å². The zero-order valence-electron chi connectivity index (χ0n) is 12.7. The lowest BCUT2D eigenvalue weighted by atomic mass is 10.3. The number of amides is 1. The summed E-state index contributed by atoms with van der Waals surface area (Å²) in [5.41, 5.74) is 1.41.